The van der Waals surface area contributed by atoms with Gasteiger partial charge in [0.25, 0.3) is 0 Å². The van der Waals surface area contributed by atoms with Crippen LogP contribution in [0.3, 0.4) is 0 Å². The third-order valence-corrected chi connectivity index (χ3v) is 5.03. The van der Waals surface area contributed by atoms with Gasteiger partial charge in [0.2, 0.25) is 5.91 Å². The Bertz CT molecular complexity index is 330. The van der Waals surface area contributed by atoms with E-state index < -0.39 is 0 Å². The third kappa shape index (κ3) is 2.16. The van der Waals surface area contributed by atoms with E-state index in [4.69, 9.17) is 0 Å². The number of carbonyl (C=O) groups is 1. The summed E-state index contributed by atoms with van der Waals surface area (Å²) in [6.45, 7) is 6.55. The molecule has 102 valence electrons. The van der Waals surface area contributed by atoms with Gasteiger partial charge in [0, 0.05) is 37.5 Å². The minimum absolute atomic E-state index is 0.300. The molecule has 1 amide bonds. The highest BCUT2D eigenvalue weighted by molar-refractivity contribution is 5.79. The van der Waals surface area contributed by atoms with Crippen molar-refractivity contribution in [2.75, 3.05) is 53.4 Å². The smallest absolute Gasteiger partial charge is 0.225 e. The summed E-state index contributed by atoms with van der Waals surface area (Å²) in [5, 5.41) is 0. The quantitative estimate of drug-likeness (QED) is 0.679. The molecule has 3 aliphatic rings. The molecule has 0 aromatic heterocycles. The highest BCUT2D eigenvalue weighted by atomic mass is 16.2. The summed E-state index contributed by atoms with van der Waals surface area (Å²) in [5.74, 6) is 0.740. The molecule has 0 bridgehead atoms. The van der Waals surface area contributed by atoms with Crippen LogP contribution in [0.1, 0.15) is 19.3 Å². The van der Waals surface area contributed by atoms with Crippen molar-refractivity contribution in [3.8, 4) is 0 Å². The number of hydrogen-bond acceptors (Lipinski definition) is 3. The zero-order chi connectivity index (χ0) is 12.8. The minimum atomic E-state index is 0.300. The first kappa shape index (κ1) is 12.4. The van der Waals surface area contributed by atoms with E-state index in [0.29, 0.717) is 17.2 Å². The third-order valence-electron chi connectivity index (χ3n) is 5.03. The first-order chi connectivity index (χ1) is 8.58. The predicted octanol–water partition coefficient (Wildman–Crippen LogP) is 0.492. The molecule has 0 aliphatic carbocycles. The van der Waals surface area contributed by atoms with Gasteiger partial charge >= 0.3 is 0 Å². The Kier molecular flexibility index (Phi) is 3.10. The Morgan fingerprint density at radius 2 is 1.67 bits per heavy atom. The van der Waals surface area contributed by atoms with Gasteiger partial charge < -0.3 is 14.7 Å². The standard InChI is InChI=1S/C14H25N3O/c1-15-6-3-12(4-7-15)13(18)17-8-5-14(11-17)9-16(2)10-14/h12H,3-11H2,1-2H3. The van der Waals surface area contributed by atoms with Crippen molar-refractivity contribution in [1.82, 2.24) is 14.7 Å². The highest BCUT2D eigenvalue weighted by Crippen LogP contribution is 2.39. The predicted molar refractivity (Wildman–Crippen MR) is 71.3 cm³/mol. The van der Waals surface area contributed by atoms with E-state index in [1.807, 2.05) is 0 Å². The largest absolute Gasteiger partial charge is 0.342 e. The first-order valence-electron chi connectivity index (χ1n) is 7.24. The van der Waals surface area contributed by atoms with Crippen LogP contribution < -0.4 is 0 Å². The Labute approximate surface area is 110 Å². The lowest BCUT2D eigenvalue weighted by Gasteiger charge is -2.46. The van der Waals surface area contributed by atoms with Gasteiger partial charge in [0.15, 0.2) is 0 Å². The number of piperidine rings is 1. The summed E-state index contributed by atoms with van der Waals surface area (Å²) >= 11 is 0. The maximum absolute atomic E-state index is 12.5. The second-order valence-corrected chi connectivity index (χ2v) is 6.76. The fraction of sp³-hybridized carbons (Fsp3) is 0.929. The molecular formula is C14H25N3O. The number of rotatable bonds is 1. The summed E-state index contributed by atoms with van der Waals surface area (Å²) in [7, 11) is 4.32. The fourth-order valence-electron chi connectivity index (χ4n) is 3.99. The zero-order valence-electron chi connectivity index (χ0n) is 11.7. The van der Waals surface area contributed by atoms with E-state index in [1.54, 1.807) is 0 Å². The Morgan fingerprint density at radius 3 is 2.28 bits per heavy atom. The topological polar surface area (TPSA) is 26.8 Å². The Balaban J connectivity index is 1.55. The van der Waals surface area contributed by atoms with Crippen molar-refractivity contribution < 1.29 is 4.79 Å². The molecule has 3 saturated heterocycles. The van der Waals surface area contributed by atoms with Gasteiger partial charge in [-0.2, -0.15) is 0 Å². The number of amides is 1. The van der Waals surface area contributed by atoms with Crippen molar-refractivity contribution in [3.63, 3.8) is 0 Å². The van der Waals surface area contributed by atoms with Crippen molar-refractivity contribution in [2.24, 2.45) is 11.3 Å². The molecule has 0 N–H and O–H groups in total. The van der Waals surface area contributed by atoms with E-state index >= 15 is 0 Å². The molecule has 0 saturated carbocycles. The van der Waals surface area contributed by atoms with Crippen LogP contribution in [-0.4, -0.2) is 74.0 Å². The molecule has 0 unspecified atom stereocenters. The highest BCUT2D eigenvalue weighted by Gasteiger charge is 2.47. The van der Waals surface area contributed by atoms with Crippen molar-refractivity contribution in [1.29, 1.82) is 0 Å². The van der Waals surface area contributed by atoms with Crippen LogP contribution in [0, 0.1) is 11.3 Å². The molecule has 0 aromatic carbocycles. The zero-order valence-corrected chi connectivity index (χ0v) is 11.7. The van der Waals surface area contributed by atoms with Gasteiger partial charge in [-0.25, -0.2) is 0 Å². The lowest BCUT2D eigenvalue weighted by Crippen LogP contribution is -2.56. The van der Waals surface area contributed by atoms with E-state index in [0.717, 1.165) is 39.0 Å². The van der Waals surface area contributed by atoms with Crippen LogP contribution in [0.15, 0.2) is 0 Å². The van der Waals surface area contributed by atoms with Crippen LogP contribution in [-0.2, 0) is 4.79 Å². The van der Waals surface area contributed by atoms with E-state index in [9.17, 15) is 4.79 Å². The lowest BCUT2D eigenvalue weighted by atomic mass is 9.79. The van der Waals surface area contributed by atoms with Crippen molar-refractivity contribution in [3.05, 3.63) is 0 Å². The van der Waals surface area contributed by atoms with Gasteiger partial charge in [0.1, 0.15) is 0 Å². The average Bonchev–Trinajstić information content (AvgIpc) is 2.74. The number of likely N-dealkylation sites (tertiary alicyclic amines) is 3. The van der Waals surface area contributed by atoms with E-state index in [-0.39, 0.29) is 0 Å². The minimum Gasteiger partial charge on any atom is -0.342 e. The van der Waals surface area contributed by atoms with Gasteiger partial charge in [-0.15, -0.1) is 0 Å². The molecule has 3 heterocycles. The molecule has 1 spiro atoms. The van der Waals surface area contributed by atoms with Crippen molar-refractivity contribution in [2.45, 2.75) is 19.3 Å². The maximum Gasteiger partial charge on any atom is 0.225 e. The molecule has 4 nitrogen and oxygen atoms in total. The molecule has 3 rings (SSSR count). The fourth-order valence-corrected chi connectivity index (χ4v) is 3.99. The molecule has 0 aromatic rings. The molecule has 3 fully saturated rings. The van der Waals surface area contributed by atoms with Gasteiger partial charge in [-0.05, 0) is 46.4 Å². The normalized spacial score (nSPS) is 29.8. The first-order valence-corrected chi connectivity index (χ1v) is 7.24. The number of carbonyl (C=O) groups excluding carboxylic acids is 1. The average molecular weight is 251 g/mol. The lowest BCUT2D eigenvalue weighted by molar-refractivity contribution is -0.136. The van der Waals surface area contributed by atoms with E-state index in [1.165, 1.54) is 19.5 Å². The second-order valence-electron chi connectivity index (χ2n) is 6.76. The van der Waals surface area contributed by atoms with Gasteiger partial charge in [-0.1, -0.05) is 0 Å². The molecule has 0 radical (unpaired) electrons. The van der Waals surface area contributed by atoms with Crippen LogP contribution in [0.25, 0.3) is 0 Å². The van der Waals surface area contributed by atoms with Gasteiger partial charge in [0.05, 0.1) is 0 Å². The summed E-state index contributed by atoms with van der Waals surface area (Å²) in [5.41, 5.74) is 0.454. The molecule has 4 heteroatoms. The summed E-state index contributed by atoms with van der Waals surface area (Å²) in [6.07, 6.45) is 3.33. The van der Waals surface area contributed by atoms with E-state index in [2.05, 4.69) is 28.8 Å². The Hall–Kier alpha value is -0.610. The second kappa shape index (κ2) is 4.49. The van der Waals surface area contributed by atoms with Crippen LogP contribution in [0.4, 0.5) is 0 Å². The van der Waals surface area contributed by atoms with Crippen molar-refractivity contribution >= 4 is 5.91 Å². The maximum atomic E-state index is 12.5. The molecular weight excluding hydrogens is 226 g/mol. The summed E-state index contributed by atoms with van der Waals surface area (Å²) in [6, 6.07) is 0. The number of nitrogens with zero attached hydrogens (tertiary/aromatic N) is 3. The molecule has 0 atom stereocenters. The van der Waals surface area contributed by atoms with Crippen LogP contribution >= 0.6 is 0 Å². The number of hydrogen-bond donors (Lipinski definition) is 0. The van der Waals surface area contributed by atoms with Gasteiger partial charge in [-0.3, -0.25) is 4.79 Å². The van der Waals surface area contributed by atoms with Crippen LogP contribution in [0.5, 0.6) is 0 Å². The summed E-state index contributed by atoms with van der Waals surface area (Å²) in [4.78, 5) is 19.4. The molecule has 18 heavy (non-hydrogen) atoms. The SMILES string of the molecule is CN1CCC(C(=O)N2CCC3(CN(C)C3)C2)CC1. The summed E-state index contributed by atoms with van der Waals surface area (Å²) < 4.78 is 0. The van der Waals surface area contributed by atoms with Crippen LogP contribution in [0.2, 0.25) is 0 Å². The monoisotopic (exact) mass is 251 g/mol. The molecule has 3 aliphatic heterocycles. The Morgan fingerprint density at radius 1 is 1.00 bits per heavy atom.